The Kier molecular flexibility index (Phi) is 2.79. The minimum Gasteiger partial charge on any atom is -0.469 e. The van der Waals surface area contributed by atoms with Gasteiger partial charge in [-0.05, 0) is 23.6 Å². The summed E-state index contributed by atoms with van der Waals surface area (Å²) in [6.45, 7) is 0. The Morgan fingerprint density at radius 1 is 1.36 bits per heavy atom. The maximum absolute atomic E-state index is 11.6. The highest BCUT2D eigenvalue weighted by atomic mass is 32.1. The Hall–Kier alpha value is -1.35. The van der Waals surface area contributed by atoms with E-state index in [0.717, 1.165) is 10.6 Å². The van der Waals surface area contributed by atoms with Crippen molar-refractivity contribution in [1.29, 1.82) is 0 Å². The minimum absolute atomic E-state index is 0.191. The molecular weight excluding hydrogens is 196 g/mol. The standard InChI is InChI=1S/C11H10O2S/c12-10(11-4-2-8-14-11)6-5-9-3-1-7-13-9/h1-4,7-8H,5-6H2. The van der Waals surface area contributed by atoms with Crippen LogP contribution >= 0.6 is 11.3 Å². The van der Waals surface area contributed by atoms with Gasteiger partial charge in [-0.3, -0.25) is 4.79 Å². The Bertz CT molecular complexity index is 387. The van der Waals surface area contributed by atoms with E-state index < -0.39 is 0 Å². The van der Waals surface area contributed by atoms with Gasteiger partial charge in [-0.1, -0.05) is 6.07 Å². The summed E-state index contributed by atoms with van der Waals surface area (Å²) in [5.41, 5.74) is 0. The van der Waals surface area contributed by atoms with Gasteiger partial charge in [0.25, 0.3) is 0 Å². The molecule has 14 heavy (non-hydrogen) atoms. The van der Waals surface area contributed by atoms with Crippen LogP contribution in [-0.2, 0) is 6.42 Å². The maximum Gasteiger partial charge on any atom is 0.173 e. The third-order valence-corrected chi connectivity index (χ3v) is 2.89. The number of furan rings is 1. The number of carbonyl (C=O) groups excluding carboxylic acids is 1. The highest BCUT2D eigenvalue weighted by molar-refractivity contribution is 7.12. The van der Waals surface area contributed by atoms with Gasteiger partial charge in [0.2, 0.25) is 0 Å². The molecule has 0 saturated carbocycles. The fourth-order valence-corrected chi connectivity index (χ4v) is 1.95. The van der Waals surface area contributed by atoms with Gasteiger partial charge in [-0.15, -0.1) is 11.3 Å². The number of rotatable bonds is 4. The smallest absolute Gasteiger partial charge is 0.173 e. The van der Waals surface area contributed by atoms with Crippen LogP contribution in [0, 0.1) is 0 Å². The summed E-state index contributed by atoms with van der Waals surface area (Å²) >= 11 is 1.49. The first-order valence-corrected chi connectivity index (χ1v) is 5.33. The van der Waals surface area contributed by atoms with Crippen LogP contribution in [0.3, 0.4) is 0 Å². The highest BCUT2D eigenvalue weighted by Crippen LogP contribution is 2.13. The van der Waals surface area contributed by atoms with Gasteiger partial charge in [0.15, 0.2) is 5.78 Å². The third kappa shape index (κ3) is 2.12. The van der Waals surface area contributed by atoms with Crippen LogP contribution in [0.2, 0.25) is 0 Å². The number of aryl methyl sites for hydroxylation is 1. The normalized spacial score (nSPS) is 10.3. The number of hydrogen-bond donors (Lipinski definition) is 0. The fourth-order valence-electron chi connectivity index (χ4n) is 1.25. The van der Waals surface area contributed by atoms with Crippen molar-refractivity contribution in [2.24, 2.45) is 0 Å². The van der Waals surface area contributed by atoms with E-state index in [9.17, 15) is 4.79 Å². The van der Waals surface area contributed by atoms with Gasteiger partial charge >= 0.3 is 0 Å². The van der Waals surface area contributed by atoms with E-state index in [0.29, 0.717) is 12.8 Å². The zero-order valence-electron chi connectivity index (χ0n) is 7.60. The maximum atomic E-state index is 11.6. The monoisotopic (exact) mass is 206 g/mol. The third-order valence-electron chi connectivity index (χ3n) is 1.97. The van der Waals surface area contributed by atoms with Gasteiger partial charge < -0.3 is 4.42 Å². The lowest BCUT2D eigenvalue weighted by atomic mass is 10.1. The summed E-state index contributed by atoms with van der Waals surface area (Å²) in [5, 5.41) is 1.92. The van der Waals surface area contributed by atoms with E-state index in [4.69, 9.17) is 4.42 Å². The Balaban J connectivity index is 1.90. The number of carbonyl (C=O) groups is 1. The van der Waals surface area contributed by atoms with Crippen molar-refractivity contribution < 1.29 is 9.21 Å². The molecule has 2 aromatic heterocycles. The van der Waals surface area contributed by atoms with Crippen LogP contribution in [-0.4, -0.2) is 5.78 Å². The molecule has 0 atom stereocenters. The van der Waals surface area contributed by atoms with Crippen molar-refractivity contribution in [2.45, 2.75) is 12.8 Å². The van der Waals surface area contributed by atoms with Crippen LogP contribution in [0.15, 0.2) is 40.3 Å². The number of ketones is 1. The molecule has 0 spiro atoms. The molecule has 2 aromatic rings. The molecule has 0 aliphatic carbocycles. The molecule has 0 amide bonds. The van der Waals surface area contributed by atoms with Gasteiger partial charge in [0.1, 0.15) is 5.76 Å². The summed E-state index contributed by atoms with van der Waals surface area (Å²) in [4.78, 5) is 12.4. The van der Waals surface area contributed by atoms with E-state index >= 15 is 0 Å². The van der Waals surface area contributed by atoms with Crippen molar-refractivity contribution in [3.8, 4) is 0 Å². The molecule has 0 unspecified atom stereocenters. The summed E-state index contributed by atoms with van der Waals surface area (Å²) in [5.74, 6) is 1.06. The average Bonchev–Trinajstić information content (AvgIpc) is 2.87. The lowest BCUT2D eigenvalue weighted by Crippen LogP contribution is -1.97. The zero-order chi connectivity index (χ0) is 9.80. The Labute approximate surface area is 86.2 Å². The van der Waals surface area contributed by atoms with Gasteiger partial charge in [0, 0.05) is 12.8 Å². The molecule has 2 nitrogen and oxygen atoms in total. The van der Waals surface area contributed by atoms with Crippen molar-refractivity contribution >= 4 is 17.1 Å². The molecule has 72 valence electrons. The van der Waals surface area contributed by atoms with Crippen LogP contribution in [0.5, 0.6) is 0 Å². The molecule has 0 radical (unpaired) electrons. The van der Waals surface area contributed by atoms with E-state index in [2.05, 4.69) is 0 Å². The summed E-state index contributed by atoms with van der Waals surface area (Å²) in [6.07, 6.45) is 2.84. The lowest BCUT2D eigenvalue weighted by Gasteiger charge is -1.95. The van der Waals surface area contributed by atoms with Crippen molar-refractivity contribution in [1.82, 2.24) is 0 Å². The Morgan fingerprint density at radius 3 is 2.93 bits per heavy atom. The van der Waals surface area contributed by atoms with E-state index in [1.54, 1.807) is 6.26 Å². The van der Waals surface area contributed by atoms with Crippen LogP contribution < -0.4 is 0 Å². The first-order valence-electron chi connectivity index (χ1n) is 4.45. The molecule has 2 heterocycles. The van der Waals surface area contributed by atoms with Crippen molar-refractivity contribution in [3.05, 3.63) is 46.5 Å². The summed E-state index contributed by atoms with van der Waals surface area (Å²) in [6, 6.07) is 7.48. The predicted molar refractivity (Wildman–Crippen MR) is 55.7 cm³/mol. The predicted octanol–water partition coefficient (Wildman–Crippen LogP) is 3.16. The van der Waals surface area contributed by atoms with Crippen LogP contribution in [0.4, 0.5) is 0 Å². The SMILES string of the molecule is O=C(CCc1ccco1)c1cccs1. The summed E-state index contributed by atoms with van der Waals surface area (Å²) < 4.78 is 5.15. The minimum atomic E-state index is 0.191. The summed E-state index contributed by atoms with van der Waals surface area (Å²) in [7, 11) is 0. The van der Waals surface area contributed by atoms with Gasteiger partial charge in [-0.25, -0.2) is 0 Å². The first kappa shape index (κ1) is 9.21. The topological polar surface area (TPSA) is 30.2 Å². The molecule has 0 fully saturated rings. The molecule has 3 heteroatoms. The molecule has 0 saturated heterocycles. The zero-order valence-corrected chi connectivity index (χ0v) is 8.42. The van der Waals surface area contributed by atoms with Gasteiger partial charge in [0.05, 0.1) is 11.1 Å². The molecule has 0 bridgehead atoms. The van der Waals surface area contributed by atoms with Crippen molar-refractivity contribution in [2.75, 3.05) is 0 Å². The first-order chi connectivity index (χ1) is 6.86. The Morgan fingerprint density at radius 2 is 2.29 bits per heavy atom. The molecule has 2 rings (SSSR count). The average molecular weight is 206 g/mol. The number of thiophene rings is 1. The second kappa shape index (κ2) is 4.24. The second-order valence-corrected chi connectivity index (χ2v) is 3.93. The fraction of sp³-hybridized carbons (Fsp3) is 0.182. The van der Waals surface area contributed by atoms with E-state index in [1.165, 1.54) is 11.3 Å². The molecule has 0 aromatic carbocycles. The van der Waals surface area contributed by atoms with Gasteiger partial charge in [-0.2, -0.15) is 0 Å². The molecule has 0 N–H and O–H groups in total. The van der Waals surface area contributed by atoms with Crippen LogP contribution in [0.1, 0.15) is 21.9 Å². The molecule has 0 aliphatic heterocycles. The van der Waals surface area contributed by atoms with E-state index in [-0.39, 0.29) is 5.78 Å². The number of Topliss-reactive ketones (excluding diaryl/α,β-unsaturated/α-hetero) is 1. The van der Waals surface area contributed by atoms with Crippen molar-refractivity contribution in [3.63, 3.8) is 0 Å². The molecular formula is C11H10O2S. The quantitative estimate of drug-likeness (QED) is 0.719. The lowest BCUT2D eigenvalue weighted by molar-refractivity contribution is 0.0985. The largest absolute Gasteiger partial charge is 0.469 e. The number of hydrogen-bond acceptors (Lipinski definition) is 3. The molecule has 0 aliphatic rings. The second-order valence-electron chi connectivity index (χ2n) is 2.98. The van der Waals surface area contributed by atoms with E-state index in [1.807, 2.05) is 29.6 Å². The van der Waals surface area contributed by atoms with Crippen LogP contribution in [0.25, 0.3) is 0 Å². The highest BCUT2D eigenvalue weighted by Gasteiger charge is 2.07.